The van der Waals surface area contributed by atoms with E-state index in [1.165, 1.54) is 32.1 Å². The Morgan fingerprint density at radius 3 is 1.97 bits per heavy atom. The van der Waals surface area contributed by atoms with Gasteiger partial charge in [0.05, 0.1) is 18.6 Å². The van der Waals surface area contributed by atoms with E-state index in [4.69, 9.17) is 9.47 Å². The van der Waals surface area contributed by atoms with E-state index < -0.39 is 17.5 Å². The van der Waals surface area contributed by atoms with Crippen LogP contribution in [0.1, 0.15) is 76.3 Å². The van der Waals surface area contributed by atoms with Crippen LogP contribution in [0, 0.1) is 5.92 Å². The van der Waals surface area contributed by atoms with Crippen LogP contribution < -0.4 is 0 Å². The highest BCUT2D eigenvalue weighted by Crippen LogP contribution is 2.49. The molecule has 3 saturated heterocycles. The average molecular weight is 477 g/mol. The molecule has 3 aliphatic rings. The topological polar surface area (TPSA) is 52.6 Å². The van der Waals surface area contributed by atoms with E-state index in [9.17, 15) is 9.59 Å². The lowest BCUT2D eigenvalue weighted by Gasteiger charge is -2.48. The Balaban J connectivity index is 1.56. The Hall–Kier alpha value is -2.66. The lowest BCUT2D eigenvalue weighted by molar-refractivity contribution is -0.992. The third kappa shape index (κ3) is 4.18. The summed E-state index contributed by atoms with van der Waals surface area (Å²) >= 11 is 0. The highest BCUT2D eigenvalue weighted by atomic mass is 16.6. The fourth-order valence-corrected chi connectivity index (χ4v) is 7.10. The first-order valence-electron chi connectivity index (χ1n) is 13.4. The van der Waals surface area contributed by atoms with Crippen molar-refractivity contribution in [1.29, 1.82) is 0 Å². The molecule has 5 nitrogen and oxygen atoms in total. The number of hydrogen-bond acceptors (Lipinski definition) is 4. The van der Waals surface area contributed by atoms with Crippen molar-refractivity contribution in [2.45, 2.75) is 89.1 Å². The van der Waals surface area contributed by atoms with Crippen molar-refractivity contribution in [2.24, 2.45) is 5.92 Å². The summed E-state index contributed by atoms with van der Waals surface area (Å²) in [6.07, 6.45) is 8.18. The summed E-state index contributed by atoms with van der Waals surface area (Å²) in [6, 6.07) is 19.9. The van der Waals surface area contributed by atoms with E-state index in [0.717, 1.165) is 23.9 Å². The maximum Gasteiger partial charge on any atom is 0.364 e. The van der Waals surface area contributed by atoms with Crippen LogP contribution in [-0.2, 0) is 24.7 Å². The molecule has 0 amide bonds. The maximum atomic E-state index is 14.4. The van der Waals surface area contributed by atoms with Crippen molar-refractivity contribution >= 4 is 11.9 Å². The Morgan fingerprint density at radius 1 is 0.857 bits per heavy atom. The molecule has 2 bridgehead atoms. The van der Waals surface area contributed by atoms with Gasteiger partial charge in [-0.3, -0.25) is 9.28 Å². The SMILES string of the molecule is CC(C)CC(=O)OC(C(=O)OC1CCC[N+]12C1CCCC2CC1)(c1ccccc1)c1ccccc1. The van der Waals surface area contributed by atoms with Crippen LogP contribution in [0.5, 0.6) is 0 Å². The summed E-state index contributed by atoms with van der Waals surface area (Å²) < 4.78 is 13.7. The minimum Gasteiger partial charge on any atom is -0.437 e. The van der Waals surface area contributed by atoms with Gasteiger partial charge in [0.1, 0.15) is 0 Å². The Kier molecular flexibility index (Phi) is 6.71. The molecule has 0 aliphatic carbocycles. The normalized spacial score (nSPS) is 27.8. The first-order valence-corrected chi connectivity index (χ1v) is 13.4. The summed E-state index contributed by atoms with van der Waals surface area (Å²) in [7, 11) is 0. The summed E-state index contributed by atoms with van der Waals surface area (Å²) in [4.78, 5) is 27.5. The van der Waals surface area contributed by atoms with Crippen LogP contribution >= 0.6 is 0 Å². The second-order valence-electron chi connectivity index (χ2n) is 11.0. The zero-order chi connectivity index (χ0) is 24.5. The van der Waals surface area contributed by atoms with Gasteiger partial charge >= 0.3 is 11.9 Å². The van der Waals surface area contributed by atoms with Crippen molar-refractivity contribution < 1.29 is 23.5 Å². The lowest BCUT2D eigenvalue weighted by Crippen LogP contribution is -2.63. The van der Waals surface area contributed by atoms with Crippen molar-refractivity contribution in [3.63, 3.8) is 0 Å². The minimum absolute atomic E-state index is 0.121. The van der Waals surface area contributed by atoms with Gasteiger partial charge < -0.3 is 9.47 Å². The molecule has 186 valence electrons. The summed E-state index contributed by atoms with van der Waals surface area (Å²) in [6.45, 7) is 5.04. The molecule has 3 unspecified atom stereocenters. The average Bonchev–Trinajstić information content (AvgIpc) is 3.31. The van der Waals surface area contributed by atoms with Crippen LogP contribution in [0.15, 0.2) is 60.7 Å². The first kappa shape index (κ1) is 24.1. The fourth-order valence-electron chi connectivity index (χ4n) is 7.10. The largest absolute Gasteiger partial charge is 0.437 e. The van der Waals surface area contributed by atoms with E-state index in [1.54, 1.807) is 0 Å². The number of benzene rings is 2. The number of ether oxygens (including phenoxy) is 2. The fraction of sp³-hybridized carbons (Fsp3) is 0.533. The van der Waals surface area contributed by atoms with Crippen LogP contribution in [-0.4, -0.2) is 41.3 Å². The van der Waals surface area contributed by atoms with Crippen LogP contribution in [0.25, 0.3) is 0 Å². The molecule has 5 heteroatoms. The number of hydrogen-bond donors (Lipinski definition) is 0. The van der Waals surface area contributed by atoms with Crippen molar-refractivity contribution in [2.75, 3.05) is 6.54 Å². The second kappa shape index (κ2) is 9.77. The molecule has 35 heavy (non-hydrogen) atoms. The number of esters is 2. The molecule has 0 saturated carbocycles. The highest BCUT2D eigenvalue weighted by Gasteiger charge is 2.60. The van der Waals surface area contributed by atoms with Gasteiger partial charge in [-0.2, -0.15) is 0 Å². The Bertz CT molecular complexity index is 979. The monoisotopic (exact) mass is 476 g/mol. The number of nitrogens with zero attached hydrogens (tertiary/aromatic N) is 1. The molecule has 3 heterocycles. The van der Waals surface area contributed by atoms with E-state index in [0.29, 0.717) is 23.2 Å². The molecule has 2 aromatic rings. The molecule has 3 fully saturated rings. The molecular formula is C30H38NO4+. The summed E-state index contributed by atoms with van der Waals surface area (Å²) in [5.41, 5.74) is -0.380. The second-order valence-corrected chi connectivity index (χ2v) is 11.0. The zero-order valence-electron chi connectivity index (χ0n) is 21.0. The third-order valence-corrected chi connectivity index (χ3v) is 8.53. The van der Waals surface area contributed by atoms with Gasteiger partial charge in [-0.05, 0) is 25.2 Å². The predicted octanol–water partition coefficient (Wildman–Crippen LogP) is 5.71. The number of quaternary nitrogens is 1. The van der Waals surface area contributed by atoms with E-state index in [-0.39, 0.29) is 18.6 Å². The van der Waals surface area contributed by atoms with Crippen LogP contribution in [0.2, 0.25) is 0 Å². The Morgan fingerprint density at radius 2 is 1.43 bits per heavy atom. The molecule has 2 aromatic carbocycles. The summed E-state index contributed by atoms with van der Waals surface area (Å²) in [5.74, 6) is -0.741. The Labute approximate surface area is 209 Å². The van der Waals surface area contributed by atoms with Crippen LogP contribution in [0.4, 0.5) is 0 Å². The van der Waals surface area contributed by atoms with Gasteiger partial charge in [0.25, 0.3) is 5.60 Å². The van der Waals surface area contributed by atoms with Crippen molar-refractivity contribution in [3.8, 4) is 0 Å². The molecule has 1 spiro atoms. The molecule has 5 rings (SSSR count). The predicted molar refractivity (Wildman–Crippen MR) is 134 cm³/mol. The maximum absolute atomic E-state index is 14.4. The molecule has 0 radical (unpaired) electrons. The number of carbonyl (C=O) groups is 2. The quantitative estimate of drug-likeness (QED) is 0.379. The number of piperidine rings is 1. The smallest absolute Gasteiger partial charge is 0.364 e. The minimum atomic E-state index is -1.63. The molecular weight excluding hydrogens is 438 g/mol. The zero-order valence-corrected chi connectivity index (χ0v) is 21.0. The number of carbonyl (C=O) groups excluding carboxylic acids is 2. The molecule has 3 aliphatic heterocycles. The van der Waals surface area contributed by atoms with E-state index in [1.807, 2.05) is 74.5 Å². The van der Waals surface area contributed by atoms with Crippen molar-refractivity contribution in [3.05, 3.63) is 71.8 Å². The van der Waals surface area contributed by atoms with Gasteiger partial charge in [0.15, 0.2) is 0 Å². The molecule has 0 N–H and O–H groups in total. The highest BCUT2D eigenvalue weighted by molar-refractivity contribution is 5.89. The molecule has 3 atom stereocenters. The van der Waals surface area contributed by atoms with Gasteiger partial charge in [-0.1, -0.05) is 74.5 Å². The van der Waals surface area contributed by atoms with E-state index >= 15 is 0 Å². The summed E-state index contributed by atoms with van der Waals surface area (Å²) in [5, 5.41) is 0. The van der Waals surface area contributed by atoms with Gasteiger partial charge in [-0.25, -0.2) is 4.79 Å². The van der Waals surface area contributed by atoms with Gasteiger partial charge in [-0.15, -0.1) is 0 Å². The van der Waals surface area contributed by atoms with Crippen LogP contribution in [0.3, 0.4) is 0 Å². The van der Waals surface area contributed by atoms with Crippen molar-refractivity contribution in [1.82, 2.24) is 0 Å². The first-order chi connectivity index (χ1) is 17.0. The standard InChI is InChI=1S/C30H38NO4/c1-22(2)21-28(32)35-30(23-11-5-3-6-12-23,24-13-7-4-8-14-24)29(33)34-27-17-10-20-31(27)25-15-9-16-26(31)19-18-25/h3-8,11-14,22,25-27H,9-10,15-21H2,1-2H3/q+1. The van der Waals surface area contributed by atoms with E-state index in [2.05, 4.69) is 0 Å². The third-order valence-electron chi connectivity index (χ3n) is 8.53. The van der Waals surface area contributed by atoms with Gasteiger partial charge in [0, 0.05) is 43.2 Å². The molecule has 0 aromatic heterocycles. The lowest BCUT2D eigenvalue weighted by atomic mass is 9.85. The van der Waals surface area contributed by atoms with Gasteiger partial charge in [0.2, 0.25) is 6.23 Å². The number of rotatable bonds is 7.